The van der Waals surface area contributed by atoms with Gasteiger partial charge in [-0.25, -0.2) is 21.8 Å². The van der Waals surface area contributed by atoms with Gasteiger partial charge in [-0.2, -0.15) is 0 Å². The second kappa shape index (κ2) is 7.54. The number of pyridine rings is 1. The quantitative estimate of drug-likeness (QED) is 0.478. The van der Waals surface area contributed by atoms with Crippen molar-refractivity contribution in [1.29, 1.82) is 0 Å². The number of thiazole rings is 1. The lowest BCUT2D eigenvalue weighted by Crippen LogP contribution is -2.32. The average Bonchev–Trinajstić information content (AvgIpc) is 3.21. The predicted octanol–water partition coefficient (Wildman–Crippen LogP) is 3.94. The van der Waals surface area contributed by atoms with Crippen LogP contribution in [0.15, 0.2) is 59.1 Å². The monoisotopic (exact) mass is 473 g/mol. The van der Waals surface area contributed by atoms with Crippen LogP contribution in [0.2, 0.25) is 0 Å². The normalized spacial score (nSPS) is 17.2. The minimum absolute atomic E-state index is 0.0854. The number of aromatic nitrogens is 2. The van der Waals surface area contributed by atoms with E-state index in [4.69, 9.17) is 0 Å². The van der Waals surface area contributed by atoms with E-state index in [1.807, 2.05) is 18.2 Å². The van der Waals surface area contributed by atoms with Crippen molar-refractivity contribution in [1.82, 2.24) is 9.97 Å². The molecule has 0 bridgehead atoms. The number of hydrogen-bond acceptors (Lipinski definition) is 8. The molecule has 1 aliphatic heterocycles. The maximum Gasteiger partial charge on any atom is 0.181 e. The van der Waals surface area contributed by atoms with Gasteiger partial charge < -0.3 is 5.32 Å². The lowest BCUT2D eigenvalue weighted by Gasteiger charge is -2.22. The molecule has 0 saturated carbocycles. The maximum absolute atomic E-state index is 13.2. The van der Waals surface area contributed by atoms with E-state index in [2.05, 4.69) is 15.3 Å². The standard InChI is InChI=1S/C21H19N3O4S3/c25-30(26)9-6-15(7-10-30)31(27,28)16-2-3-18-17(12-16)19(5-8-22-18)24-14-1-4-21-20(11-14)23-13-29-21/h1-5,8,11-13,15H,6-7,9-10H2,(H,22,24). The molecule has 0 unspecified atom stereocenters. The van der Waals surface area contributed by atoms with Gasteiger partial charge in [0.2, 0.25) is 0 Å². The Morgan fingerprint density at radius 3 is 2.58 bits per heavy atom. The lowest BCUT2D eigenvalue weighted by molar-refractivity contribution is 0.552. The van der Waals surface area contributed by atoms with Gasteiger partial charge in [-0.3, -0.25) is 4.98 Å². The Balaban J connectivity index is 1.51. The topological polar surface area (TPSA) is 106 Å². The van der Waals surface area contributed by atoms with Crippen molar-refractivity contribution in [2.75, 3.05) is 16.8 Å². The number of fused-ring (bicyclic) bond motifs is 2. The largest absolute Gasteiger partial charge is 0.355 e. The van der Waals surface area contributed by atoms with Crippen molar-refractivity contribution in [2.24, 2.45) is 0 Å². The molecule has 2 aromatic heterocycles. The minimum atomic E-state index is -3.64. The summed E-state index contributed by atoms with van der Waals surface area (Å²) in [5, 5.41) is 3.35. The molecule has 0 aliphatic carbocycles. The molecule has 31 heavy (non-hydrogen) atoms. The summed E-state index contributed by atoms with van der Waals surface area (Å²) in [6, 6.07) is 12.6. The fraction of sp³-hybridized carbons (Fsp3) is 0.238. The van der Waals surface area contributed by atoms with Crippen LogP contribution in [0.4, 0.5) is 11.4 Å². The smallest absolute Gasteiger partial charge is 0.181 e. The molecular weight excluding hydrogens is 454 g/mol. The first-order valence-electron chi connectivity index (χ1n) is 9.75. The Labute approximate surface area is 184 Å². The highest BCUT2D eigenvalue weighted by molar-refractivity contribution is 7.93. The minimum Gasteiger partial charge on any atom is -0.355 e. The van der Waals surface area contributed by atoms with Gasteiger partial charge in [0.05, 0.1) is 42.9 Å². The fourth-order valence-corrected chi connectivity index (χ4v) is 8.10. The molecule has 2 aromatic carbocycles. The first-order chi connectivity index (χ1) is 14.8. The van der Waals surface area contributed by atoms with Crippen LogP contribution in [0.25, 0.3) is 21.1 Å². The zero-order valence-electron chi connectivity index (χ0n) is 16.4. The number of sulfone groups is 2. The van der Waals surface area contributed by atoms with Gasteiger partial charge in [0, 0.05) is 23.0 Å². The number of anilines is 2. The van der Waals surface area contributed by atoms with Gasteiger partial charge in [0.15, 0.2) is 9.84 Å². The van der Waals surface area contributed by atoms with Gasteiger partial charge >= 0.3 is 0 Å². The van der Waals surface area contributed by atoms with Gasteiger partial charge in [0.1, 0.15) is 9.84 Å². The van der Waals surface area contributed by atoms with E-state index in [-0.39, 0.29) is 29.2 Å². The fourth-order valence-electron chi connectivity index (χ4n) is 3.87. The van der Waals surface area contributed by atoms with Crippen molar-refractivity contribution in [3.05, 3.63) is 54.2 Å². The Kier molecular flexibility index (Phi) is 4.95. The van der Waals surface area contributed by atoms with Crippen LogP contribution in [-0.2, 0) is 19.7 Å². The molecule has 1 aliphatic rings. The van der Waals surface area contributed by atoms with E-state index in [9.17, 15) is 16.8 Å². The molecular formula is C21H19N3O4S3. The zero-order valence-corrected chi connectivity index (χ0v) is 18.8. The van der Waals surface area contributed by atoms with E-state index in [1.54, 1.807) is 47.3 Å². The molecule has 5 rings (SSSR count). The molecule has 10 heteroatoms. The molecule has 160 valence electrons. The van der Waals surface area contributed by atoms with Crippen molar-refractivity contribution in [2.45, 2.75) is 23.0 Å². The van der Waals surface area contributed by atoms with Gasteiger partial charge in [-0.15, -0.1) is 11.3 Å². The maximum atomic E-state index is 13.2. The molecule has 0 spiro atoms. The third kappa shape index (κ3) is 3.90. The molecule has 0 atom stereocenters. The molecule has 0 radical (unpaired) electrons. The number of hydrogen-bond donors (Lipinski definition) is 1. The Morgan fingerprint density at radius 1 is 0.968 bits per heavy atom. The molecule has 1 N–H and O–H groups in total. The van der Waals surface area contributed by atoms with Crippen LogP contribution in [0.3, 0.4) is 0 Å². The molecule has 7 nitrogen and oxygen atoms in total. The predicted molar refractivity (Wildman–Crippen MR) is 124 cm³/mol. The first-order valence-corrected chi connectivity index (χ1v) is 14.0. The Hall–Kier alpha value is -2.56. The summed E-state index contributed by atoms with van der Waals surface area (Å²) in [4.78, 5) is 8.88. The van der Waals surface area contributed by atoms with E-state index in [1.165, 1.54) is 0 Å². The Bertz CT molecular complexity index is 1500. The summed E-state index contributed by atoms with van der Waals surface area (Å²) in [7, 11) is -6.78. The summed E-state index contributed by atoms with van der Waals surface area (Å²) in [6.45, 7) is 0. The average molecular weight is 474 g/mol. The molecule has 1 fully saturated rings. The summed E-state index contributed by atoms with van der Waals surface area (Å²) < 4.78 is 50.9. The summed E-state index contributed by atoms with van der Waals surface area (Å²) in [5.41, 5.74) is 4.94. The highest BCUT2D eigenvalue weighted by Gasteiger charge is 2.34. The third-order valence-electron chi connectivity index (χ3n) is 5.59. The van der Waals surface area contributed by atoms with Crippen LogP contribution in [0.5, 0.6) is 0 Å². The second-order valence-corrected chi connectivity index (χ2v) is 13.0. The van der Waals surface area contributed by atoms with E-state index in [0.717, 1.165) is 21.6 Å². The second-order valence-electron chi connectivity index (χ2n) is 7.59. The lowest BCUT2D eigenvalue weighted by atomic mass is 10.2. The number of rotatable bonds is 4. The van der Waals surface area contributed by atoms with Crippen LogP contribution in [-0.4, -0.2) is 43.6 Å². The van der Waals surface area contributed by atoms with Crippen molar-refractivity contribution in [3.63, 3.8) is 0 Å². The number of nitrogens with one attached hydrogen (secondary N) is 1. The van der Waals surface area contributed by atoms with Crippen molar-refractivity contribution in [3.8, 4) is 0 Å². The summed E-state index contributed by atoms with van der Waals surface area (Å²) >= 11 is 1.57. The van der Waals surface area contributed by atoms with Crippen LogP contribution in [0, 0.1) is 0 Å². The number of benzene rings is 2. The number of nitrogens with zero attached hydrogens (tertiary/aromatic N) is 2. The van der Waals surface area contributed by atoms with E-state index < -0.39 is 24.9 Å². The van der Waals surface area contributed by atoms with Crippen molar-refractivity contribution < 1.29 is 16.8 Å². The third-order valence-corrected chi connectivity index (χ3v) is 10.4. The Morgan fingerprint density at radius 2 is 1.77 bits per heavy atom. The van der Waals surface area contributed by atoms with Crippen LogP contribution >= 0.6 is 11.3 Å². The molecule has 4 aromatic rings. The van der Waals surface area contributed by atoms with Gasteiger partial charge in [-0.1, -0.05) is 0 Å². The highest BCUT2D eigenvalue weighted by atomic mass is 32.2. The SMILES string of the molecule is O=S1(=O)CCC(S(=O)(=O)c2ccc3nccc(Nc4ccc5scnc5c4)c3c2)CC1. The molecule has 3 heterocycles. The van der Waals surface area contributed by atoms with E-state index >= 15 is 0 Å². The van der Waals surface area contributed by atoms with Crippen LogP contribution < -0.4 is 5.32 Å². The molecule has 1 saturated heterocycles. The first kappa shape index (κ1) is 20.3. The van der Waals surface area contributed by atoms with Crippen LogP contribution in [0.1, 0.15) is 12.8 Å². The van der Waals surface area contributed by atoms with Gasteiger partial charge in [0.25, 0.3) is 0 Å². The van der Waals surface area contributed by atoms with Crippen molar-refractivity contribution >= 4 is 63.5 Å². The zero-order chi connectivity index (χ0) is 21.6. The van der Waals surface area contributed by atoms with E-state index in [0.29, 0.717) is 10.9 Å². The summed E-state index contributed by atoms with van der Waals surface area (Å²) in [5.74, 6) is -0.171. The molecule has 0 amide bonds. The highest BCUT2D eigenvalue weighted by Crippen LogP contribution is 2.32. The summed E-state index contributed by atoms with van der Waals surface area (Å²) in [6.07, 6.45) is 1.94. The van der Waals surface area contributed by atoms with Gasteiger partial charge in [-0.05, 0) is 55.3 Å².